The lowest BCUT2D eigenvalue weighted by Crippen LogP contribution is -1.92. The van der Waals surface area contributed by atoms with Crippen molar-refractivity contribution >= 4 is 16.3 Å². The van der Waals surface area contributed by atoms with Crippen LogP contribution in [-0.2, 0) is 6.42 Å². The van der Waals surface area contributed by atoms with E-state index in [4.69, 9.17) is 0 Å². The van der Waals surface area contributed by atoms with Gasteiger partial charge >= 0.3 is 0 Å². The molecule has 58 valence electrons. The van der Waals surface area contributed by atoms with Crippen molar-refractivity contribution < 1.29 is 0 Å². The maximum absolute atomic E-state index is 4.25. The number of aryl methyl sites for hydroxylation is 2. The SMILES string of the molecule is CCc1nnc2sc(C)nn12. The van der Waals surface area contributed by atoms with E-state index in [-0.39, 0.29) is 0 Å². The zero-order chi connectivity index (χ0) is 7.84. The monoisotopic (exact) mass is 168 g/mol. The number of hydrogen-bond acceptors (Lipinski definition) is 4. The Morgan fingerprint density at radius 2 is 2.27 bits per heavy atom. The molecular weight excluding hydrogens is 160 g/mol. The Labute approximate surface area is 67.9 Å². The molecule has 0 aliphatic heterocycles. The van der Waals surface area contributed by atoms with Gasteiger partial charge in [-0.3, -0.25) is 0 Å². The maximum atomic E-state index is 4.25. The first-order valence-electron chi connectivity index (χ1n) is 3.49. The minimum absolute atomic E-state index is 0.879. The molecule has 0 saturated carbocycles. The lowest BCUT2D eigenvalue weighted by Gasteiger charge is -1.85. The standard InChI is InChI=1S/C6H8N4S/c1-3-5-7-8-6-10(5)9-4(2)11-6/h3H2,1-2H3. The van der Waals surface area contributed by atoms with E-state index in [2.05, 4.69) is 15.3 Å². The van der Waals surface area contributed by atoms with Crippen molar-refractivity contribution in [2.24, 2.45) is 0 Å². The second-order valence-electron chi connectivity index (χ2n) is 2.29. The molecule has 2 heterocycles. The van der Waals surface area contributed by atoms with Crippen LogP contribution in [0.2, 0.25) is 0 Å². The fraction of sp³-hybridized carbons (Fsp3) is 0.500. The van der Waals surface area contributed by atoms with Gasteiger partial charge in [0.1, 0.15) is 5.01 Å². The average molecular weight is 168 g/mol. The molecule has 0 amide bonds. The van der Waals surface area contributed by atoms with Crippen LogP contribution in [0.4, 0.5) is 0 Å². The second-order valence-corrected chi connectivity index (χ2v) is 3.45. The zero-order valence-electron chi connectivity index (χ0n) is 6.40. The predicted octanol–water partition coefficient (Wildman–Crippen LogP) is 1.06. The molecule has 0 atom stereocenters. The Hall–Kier alpha value is -0.970. The lowest BCUT2D eigenvalue weighted by molar-refractivity contribution is 0.825. The molecule has 0 aromatic carbocycles. The maximum Gasteiger partial charge on any atom is 0.234 e. The molecule has 0 fully saturated rings. The fourth-order valence-corrected chi connectivity index (χ4v) is 1.67. The Balaban J connectivity index is 2.73. The summed E-state index contributed by atoms with van der Waals surface area (Å²) in [5.41, 5.74) is 0. The summed E-state index contributed by atoms with van der Waals surface area (Å²) in [5, 5.41) is 13.2. The van der Waals surface area contributed by atoms with Crippen molar-refractivity contribution in [3.8, 4) is 0 Å². The molecule has 5 heteroatoms. The number of fused-ring (bicyclic) bond motifs is 1. The number of nitrogens with zero attached hydrogens (tertiary/aromatic N) is 4. The second kappa shape index (κ2) is 2.27. The highest BCUT2D eigenvalue weighted by Gasteiger charge is 2.06. The number of hydrogen-bond donors (Lipinski definition) is 0. The molecule has 0 spiro atoms. The third kappa shape index (κ3) is 0.920. The van der Waals surface area contributed by atoms with E-state index in [0.717, 1.165) is 22.2 Å². The van der Waals surface area contributed by atoms with E-state index in [0.29, 0.717) is 0 Å². The van der Waals surface area contributed by atoms with Crippen molar-refractivity contribution in [1.29, 1.82) is 0 Å². The van der Waals surface area contributed by atoms with Crippen LogP contribution in [0, 0.1) is 6.92 Å². The van der Waals surface area contributed by atoms with E-state index in [1.807, 2.05) is 13.8 Å². The Bertz CT molecular complexity index is 375. The van der Waals surface area contributed by atoms with Gasteiger partial charge in [0, 0.05) is 6.42 Å². The minimum atomic E-state index is 0.879. The quantitative estimate of drug-likeness (QED) is 0.639. The molecule has 0 bridgehead atoms. The first-order valence-corrected chi connectivity index (χ1v) is 4.30. The van der Waals surface area contributed by atoms with Crippen molar-refractivity contribution in [2.45, 2.75) is 20.3 Å². The molecule has 0 unspecified atom stereocenters. The van der Waals surface area contributed by atoms with Gasteiger partial charge < -0.3 is 0 Å². The average Bonchev–Trinajstić information content (AvgIpc) is 2.45. The fourth-order valence-electron chi connectivity index (χ4n) is 0.974. The van der Waals surface area contributed by atoms with E-state index in [9.17, 15) is 0 Å². The molecule has 4 nitrogen and oxygen atoms in total. The van der Waals surface area contributed by atoms with E-state index < -0.39 is 0 Å². The smallest absolute Gasteiger partial charge is 0.187 e. The van der Waals surface area contributed by atoms with Crippen molar-refractivity contribution in [2.75, 3.05) is 0 Å². The molecule has 11 heavy (non-hydrogen) atoms. The third-order valence-electron chi connectivity index (χ3n) is 1.47. The van der Waals surface area contributed by atoms with Gasteiger partial charge in [0.2, 0.25) is 4.96 Å². The van der Waals surface area contributed by atoms with E-state index in [1.54, 1.807) is 15.9 Å². The minimum Gasteiger partial charge on any atom is -0.187 e. The molecule has 0 saturated heterocycles. The van der Waals surface area contributed by atoms with Gasteiger partial charge in [-0.05, 0) is 6.92 Å². The third-order valence-corrected chi connectivity index (χ3v) is 2.29. The largest absolute Gasteiger partial charge is 0.234 e. The molecule has 0 N–H and O–H groups in total. The van der Waals surface area contributed by atoms with E-state index >= 15 is 0 Å². The zero-order valence-corrected chi connectivity index (χ0v) is 7.22. The van der Waals surface area contributed by atoms with Crippen molar-refractivity contribution in [1.82, 2.24) is 19.8 Å². The van der Waals surface area contributed by atoms with Gasteiger partial charge in [0.25, 0.3) is 0 Å². The Morgan fingerprint density at radius 3 is 3.00 bits per heavy atom. The first-order chi connectivity index (χ1) is 5.31. The topological polar surface area (TPSA) is 43.1 Å². The summed E-state index contributed by atoms with van der Waals surface area (Å²) in [4.78, 5) is 0.888. The molecule has 2 aromatic rings. The predicted molar refractivity (Wildman–Crippen MR) is 42.8 cm³/mol. The van der Waals surface area contributed by atoms with Crippen LogP contribution >= 0.6 is 11.3 Å². The summed E-state index contributed by atoms with van der Waals surface area (Å²) < 4.78 is 1.81. The molecule has 2 rings (SSSR count). The molecular formula is C6H8N4S. The lowest BCUT2D eigenvalue weighted by atomic mass is 10.5. The molecule has 2 aromatic heterocycles. The highest BCUT2D eigenvalue weighted by atomic mass is 32.1. The normalized spacial score (nSPS) is 11.1. The molecule has 0 aliphatic rings. The summed E-state index contributed by atoms with van der Waals surface area (Å²) in [6.07, 6.45) is 0.879. The van der Waals surface area contributed by atoms with Crippen LogP contribution in [0.25, 0.3) is 4.96 Å². The summed E-state index contributed by atoms with van der Waals surface area (Å²) in [7, 11) is 0. The highest BCUT2D eigenvalue weighted by Crippen LogP contribution is 2.12. The van der Waals surface area contributed by atoms with Crippen LogP contribution in [0.5, 0.6) is 0 Å². The van der Waals surface area contributed by atoms with Crippen LogP contribution in [0.3, 0.4) is 0 Å². The van der Waals surface area contributed by atoms with Gasteiger partial charge in [-0.1, -0.05) is 18.3 Å². The summed E-state index contributed by atoms with van der Waals surface area (Å²) in [6, 6.07) is 0. The first kappa shape index (κ1) is 6.72. The molecule has 0 aliphatic carbocycles. The Kier molecular flexibility index (Phi) is 1.38. The summed E-state index contributed by atoms with van der Waals surface area (Å²) in [6.45, 7) is 4.02. The summed E-state index contributed by atoms with van der Waals surface area (Å²) >= 11 is 1.57. The van der Waals surface area contributed by atoms with Gasteiger partial charge in [0.15, 0.2) is 5.82 Å². The summed E-state index contributed by atoms with van der Waals surface area (Å²) in [5.74, 6) is 0.935. The van der Waals surface area contributed by atoms with Crippen molar-refractivity contribution in [3.63, 3.8) is 0 Å². The van der Waals surface area contributed by atoms with Crippen LogP contribution < -0.4 is 0 Å². The van der Waals surface area contributed by atoms with Crippen LogP contribution in [-0.4, -0.2) is 19.8 Å². The van der Waals surface area contributed by atoms with Gasteiger partial charge in [-0.15, -0.1) is 10.2 Å². The number of aromatic nitrogens is 4. The van der Waals surface area contributed by atoms with Crippen LogP contribution in [0.15, 0.2) is 0 Å². The molecule has 0 radical (unpaired) electrons. The van der Waals surface area contributed by atoms with Gasteiger partial charge in [-0.2, -0.15) is 9.61 Å². The van der Waals surface area contributed by atoms with Gasteiger partial charge in [-0.25, -0.2) is 0 Å². The highest BCUT2D eigenvalue weighted by molar-refractivity contribution is 7.16. The van der Waals surface area contributed by atoms with Gasteiger partial charge in [0.05, 0.1) is 0 Å². The van der Waals surface area contributed by atoms with Crippen molar-refractivity contribution in [3.05, 3.63) is 10.8 Å². The Morgan fingerprint density at radius 1 is 1.45 bits per heavy atom. The van der Waals surface area contributed by atoms with E-state index in [1.165, 1.54) is 0 Å². The van der Waals surface area contributed by atoms with Crippen LogP contribution in [0.1, 0.15) is 17.8 Å². The number of rotatable bonds is 1.